The van der Waals surface area contributed by atoms with Gasteiger partial charge in [0.1, 0.15) is 0 Å². The van der Waals surface area contributed by atoms with Gasteiger partial charge >= 0.3 is 0 Å². The molecule has 1 aliphatic heterocycles. The van der Waals surface area contributed by atoms with E-state index in [0.29, 0.717) is 24.5 Å². The molecule has 0 atom stereocenters. The molecular formula is C19H18N4O2. The summed E-state index contributed by atoms with van der Waals surface area (Å²) in [5, 5.41) is 7.59. The molecular weight excluding hydrogens is 316 g/mol. The number of carbonyl (C=O) groups excluding carboxylic acids is 1. The molecule has 1 amide bonds. The number of carbonyl (C=O) groups is 1. The Morgan fingerprint density at radius 1 is 1.20 bits per heavy atom. The van der Waals surface area contributed by atoms with Crippen molar-refractivity contribution < 1.29 is 9.53 Å². The number of nitrogens with one attached hydrogen (secondary N) is 1. The third-order valence-corrected chi connectivity index (χ3v) is 4.46. The van der Waals surface area contributed by atoms with Crippen LogP contribution in [0.15, 0.2) is 48.7 Å². The molecule has 0 bridgehead atoms. The number of hydrogen-bond donors (Lipinski definition) is 1. The number of aromatic nitrogens is 3. The van der Waals surface area contributed by atoms with Crippen LogP contribution in [-0.2, 0) is 13.0 Å². The normalized spacial score (nSPS) is 13.4. The van der Waals surface area contributed by atoms with Gasteiger partial charge in [-0.15, -0.1) is 0 Å². The van der Waals surface area contributed by atoms with E-state index in [4.69, 9.17) is 4.74 Å². The number of benzene rings is 1. The maximum absolute atomic E-state index is 12.8. The third-order valence-electron chi connectivity index (χ3n) is 4.46. The summed E-state index contributed by atoms with van der Waals surface area (Å²) in [6.07, 6.45) is 2.33. The molecule has 0 aliphatic carbocycles. The molecule has 0 fully saturated rings. The van der Waals surface area contributed by atoms with Gasteiger partial charge in [-0.05, 0) is 6.07 Å². The van der Waals surface area contributed by atoms with E-state index < -0.39 is 0 Å². The Morgan fingerprint density at radius 3 is 2.76 bits per heavy atom. The van der Waals surface area contributed by atoms with Gasteiger partial charge < -0.3 is 9.64 Å². The van der Waals surface area contributed by atoms with Crippen molar-refractivity contribution in [3.8, 4) is 17.1 Å². The predicted octanol–water partition coefficient (Wildman–Crippen LogP) is 2.68. The second kappa shape index (κ2) is 6.39. The van der Waals surface area contributed by atoms with Gasteiger partial charge in [0.2, 0.25) is 5.88 Å². The minimum atomic E-state index is -0.0268. The maximum atomic E-state index is 12.8. The smallest absolute Gasteiger partial charge is 0.255 e. The number of pyridine rings is 1. The quantitative estimate of drug-likeness (QED) is 0.799. The summed E-state index contributed by atoms with van der Waals surface area (Å²) in [7, 11) is 1.56. The molecule has 3 heterocycles. The molecule has 0 saturated heterocycles. The Hall–Kier alpha value is -3.15. The molecule has 126 valence electrons. The van der Waals surface area contributed by atoms with Gasteiger partial charge in [-0.25, -0.2) is 4.98 Å². The third kappa shape index (κ3) is 2.87. The highest BCUT2D eigenvalue weighted by Crippen LogP contribution is 2.28. The summed E-state index contributed by atoms with van der Waals surface area (Å²) in [4.78, 5) is 18.8. The van der Waals surface area contributed by atoms with Crippen LogP contribution in [0.5, 0.6) is 5.88 Å². The highest BCUT2D eigenvalue weighted by molar-refractivity contribution is 5.94. The van der Waals surface area contributed by atoms with Gasteiger partial charge in [0.05, 0.1) is 18.4 Å². The van der Waals surface area contributed by atoms with Crippen molar-refractivity contribution in [2.75, 3.05) is 13.7 Å². The van der Waals surface area contributed by atoms with Crippen molar-refractivity contribution in [1.82, 2.24) is 20.1 Å². The minimum absolute atomic E-state index is 0.0268. The average molecular weight is 334 g/mol. The second-order valence-electron chi connectivity index (χ2n) is 5.96. The van der Waals surface area contributed by atoms with Crippen LogP contribution in [0.4, 0.5) is 0 Å². The van der Waals surface area contributed by atoms with Gasteiger partial charge in [-0.2, -0.15) is 5.10 Å². The lowest BCUT2D eigenvalue weighted by atomic mass is 10.0. The fourth-order valence-corrected chi connectivity index (χ4v) is 3.11. The highest BCUT2D eigenvalue weighted by Gasteiger charge is 2.26. The molecule has 2 aromatic heterocycles. The lowest BCUT2D eigenvalue weighted by Crippen LogP contribution is -2.36. The minimum Gasteiger partial charge on any atom is -0.481 e. The molecule has 0 spiro atoms. The van der Waals surface area contributed by atoms with Crippen LogP contribution in [0.2, 0.25) is 0 Å². The zero-order valence-corrected chi connectivity index (χ0v) is 13.9. The molecule has 6 nitrogen and oxygen atoms in total. The van der Waals surface area contributed by atoms with Crippen LogP contribution in [0.1, 0.15) is 21.6 Å². The number of amides is 1. The van der Waals surface area contributed by atoms with Crippen molar-refractivity contribution >= 4 is 5.91 Å². The fraction of sp³-hybridized carbons (Fsp3) is 0.211. The van der Waals surface area contributed by atoms with Crippen LogP contribution in [0, 0.1) is 0 Å². The second-order valence-corrected chi connectivity index (χ2v) is 5.96. The molecule has 0 radical (unpaired) electrons. The average Bonchev–Trinajstić information content (AvgIpc) is 3.11. The van der Waals surface area contributed by atoms with E-state index in [1.807, 2.05) is 35.2 Å². The lowest BCUT2D eigenvalue weighted by Gasteiger charge is -2.27. The number of H-pyrrole nitrogens is 1. The Labute approximate surface area is 145 Å². The van der Waals surface area contributed by atoms with Crippen molar-refractivity contribution in [2.24, 2.45) is 0 Å². The molecule has 6 heteroatoms. The first-order valence-corrected chi connectivity index (χ1v) is 8.17. The predicted molar refractivity (Wildman–Crippen MR) is 93.3 cm³/mol. The van der Waals surface area contributed by atoms with Crippen LogP contribution in [0.3, 0.4) is 0 Å². The van der Waals surface area contributed by atoms with E-state index in [0.717, 1.165) is 28.9 Å². The van der Waals surface area contributed by atoms with Crippen molar-refractivity contribution in [3.63, 3.8) is 0 Å². The molecule has 1 N–H and O–H groups in total. The Morgan fingerprint density at radius 2 is 2.04 bits per heavy atom. The van der Waals surface area contributed by atoms with E-state index in [2.05, 4.69) is 15.2 Å². The number of fused-ring (bicyclic) bond motifs is 1. The number of rotatable bonds is 3. The molecule has 0 saturated carbocycles. The van der Waals surface area contributed by atoms with Gasteiger partial charge in [-0.1, -0.05) is 30.3 Å². The number of nitrogens with zero attached hydrogens (tertiary/aromatic N) is 3. The van der Waals surface area contributed by atoms with E-state index >= 15 is 0 Å². The van der Waals surface area contributed by atoms with Crippen molar-refractivity contribution in [3.05, 3.63) is 65.5 Å². The Kier molecular flexibility index (Phi) is 3.93. The number of ether oxygens (including phenoxy) is 1. The molecule has 1 aliphatic rings. The van der Waals surface area contributed by atoms with Crippen LogP contribution < -0.4 is 4.74 Å². The number of aromatic amines is 1. The van der Waals surface area contributed by atoms with E-state index in [9.17, 15) is 4.79 Å². The summed E-state index contributed by atoms with van der Waals surface area (Å²) in [6, 6.07) is 13.5. The van der Waals surface area contributed by atoms with Gasteiger partial charge in [-0.3, -0.25) is 9.89 Å². The van der Waals surface area contributed by atoms with Crippen LogP contribution in [0.25, 0.3) is 11.3 Å². The summed E-state index contributed by atoms with van der Waals surface area (Å²) >= 11 is 0. The zero-order valence-electron chi connectivity index (χ0n) is 13.9. The van der Waals surface area contributed by atoms with Gasteiger partial charge in [0.25, 0.3) is 5.91 Å². The first-order valence-electron chi connectivity index (χ1n) is 8.17. The summed E-state index contributed by atoms with van der Waals surface area (Å²) in [5.41, 5.74) is 4.73. The fourth-order valence-electron chi connectivity index (χ4n) is 3.11. The SMILES string of the molecule is COc1ccc(C(=O)N2CCc3[nH]nc(-c4ccccc4)c3C2)cn1. The first-order chi connectivity index (χ1) is 12.3. The largest absolute Gasteiger partial charge is 0.481 e. The molecule has 0 unspecified atom stereocenters. The highest BCUT2D eigenvalue weighted by atomic mass is 16.5. The van der Waals surface area contributed by atoms with Gasteiger partial charge in [0, 0.05) is 48.6 Å². The van der Waals surface area contributed by atoms with Crippen molar-refractivity contribution in [2.45, 2.75) is 13.0 Å². The lowest BCUT2D eigenvalue weighted by molar-refractivity contribution is 0.0734. The van der Waals surface area contributed by atoms with E-state index in [1.165, 1.54) is 0 Å². The van der Waals surface area contributed by atoms with Crippen molar-refractivity contribution in [1.29, 1.82) is 0 Å². The topological polar surface area (TPSA) is 71.1 Å². The zero-order chi connectivity index (χ0) is 17.2. The standard InChI is InChI=1S/C19H18N4O2/c1-25-17-8-7-14(11-20-17)19(24)23-10-9-16-15(12-23)18(22-21-16)13-5-3-2-4-6-13/h2-8,11H,9-10,12H2,1H3,(H,21,22). The maximum Gasteiger partial charge on any atom is 0.255 e. The summed E-state index contributed by atoms with van der Waals surface area (Å²) < 4.78 is 5.05. The molecule has 25 heavy (non-hydrogen) atoms. The van der Waals surface area contributed by atoms with Crippen LogP contribution >= 0.6 is 0 Å². The summed E-state index contributed by atoms with van der Waals surface area (Å²) in [6.45, 7) is 1.20. The van der Waals surface area contributed by atoms with E-state index in [-0.39, 0.29) is 5.91 Å². The van der Waals surface area contributed by atoms with Gasteiger partial charge in [0.15, 0.2) is 0 Å². The number of hydrogen-bond acceptors (Lipinski definition) is 4. The monoisotopic (exact) mass is 334 g/mol. The molecule has 4 rings (SSSR count). The molecule has 3 aromatic rings. The Bertz CT molecular complexity index is 888. The number of methoxy groups -OCH3 is 1. The first kappa shape index (κ1) is 15.4. The van der Waals surface area contributed by atoms with Crippen LogP contribution in [-0.4, -0.2) is 39.6 Å². The summed E-state index contributed by atoms with van der Waals surface area (Å²) in [5.74, 6) is 0.472. The Balaban J connectivity index is 1.60. The van der Waals surface area contributed by atoms with E-state index in [1.54, 1.807) is 25.4 Å². The molecule has 1 aromatic carbocycles.